The smallest absolute Gasteiger partial charge is 0.255 e. The summed E-state index contributed by atoms with van der Waals surface area (Å²) in [5.74, 6) is 0.606. The van der Waals surface area contributed by atoms with E-state index in [1.165, 1.54) is 12.8 Å². The number of nitrogens with one attached hydrogen (secondary N) is 2. The highest BCUT2D eigenvalue weighted by molar-refractivity contribution is 6.06. The Morgan fingerprint density at radius 3 is 2.81 bits per heavy atom. The number of anilines is 3. The first kappa shape index (κ1) is 19.2. The summed E-state index contributed by atoms with van der Waals surface area (Å²) in [6.45, 7) is 6.12. The maximum Gasteiger partial charge on any atom is 0.255 e. The van der Waals surface area contributed by atoms with Crippen molar-refractivity contribution in [2.75, 3.05) is 48.4 Å². The molecule has 6 heteroatoms. The van der Waals surface area contributed by atoms with Gasteiger partial charge in [0.2, 0.25) is 0 Å². The highest BCUT2D eigenvalue weighted by atomic mass is 16.5. The molecule has 1 aliphatic rings. The Morgan fingerprint density at radius 2 is 2.00 bits per heavy atom. The molecule has 0 spiro atoms. The number of carbonyl (C=O) groups is 1. The van der Waals surface area contributed by atoms with Crippen LogP contribution in [0.4, 0.5) is 17.2 Å². The highest BCUT2D eigenvalue weighted by Gasteiger charge is 2.16. The molecular weight excluding hydrogens is 340 g/mol. The lowest BCUT2D eigenvalue weighted by Crippen LogP contribution is -2.36. The number of ether oxygens (including phenoxy) is 1. The monoisotopic (exact) mass is 368 g/mol. The number of nitrogens with zero attached hydrogens (tertiary/aromatic N) is 2. The van der Waals surface area contributed by atoms with E-state index >= 15 is 0 Å². The van der Waals surface area contributed by atoms with E-state index in [1.54, 1.807) is 18.3 Å². The van der Waals surface area contributed by atoms with E-state index in [0.717, 1.165) is 43.2 Å². The molecule has 1 fully saturated rings. The molecule has 2 aromatic rings. The van der Waals surface area contributed by atoms with Crippen LogP contribution in [0.25, 0.3) is 0 Å². The Morgan fingerprint density at radius 1 is 1.19 bits per heavy atom. The van der Waals surface area contributed by atoms with Crippen molar-refractivity contribution in [1.29, 1.82) is 0 Å². The first-order valence-corrected chi connectivity index (χ1v) is 9.71. The molecule has 0 saturated carbocycles. The second-order valence-electron chi connectivity index (χ2n) is 6.63. The van der Waals surface area contributed by atoms with Crippen molar-refractivity contribution in [1.82, 2.24) is 4.98 Å². The van der Waals surface area contributed by atoms with Gasteiger partial charge in [-0.3, -0.25) is 4.79 Å². The summed E-state index contributed by atoms with van der Waals surface area (Å²) in [4.78, 5) is 19.3. The van der Waals surface area contributed by atoms with Gasteiger partial charge in [-0.05, 0) is 30.7 Å². The molecule has 2 heterocycles. The number of rotatable bonds is 8. The van der Waals surface area contributed by atoms with E-state index in [1.807, 2.05) is 24.3 Å². The molecule has 144 valence electrons. The summed E-state index contributed by atoms with van der Waals surface area (Å²) in [6.07, 6.45) is 5.14. The van der Waals surface area contributed by atoms with Crippen LogP contribution in [0.1, 0.15) is 36.5 Å². The van der Waals surface area contributed by atoms with Gasteiger partial charge >= 0.3 is 0 Å². The van der Waals surface area contributed by atoms with Crippen LogP contribution < -0.4 is 15.5 Å². The molecule has 1 saturated heterocycles. The molecule has 27 heavy (non-hydrogen) atoms. The number of morpholine rings is 1. The number of amides is 1. The first-order chi connectivity index (χ1) is 13.3. The summed E-state index contributed by atoms with van der Waals surface area (Å²) in [5.41, 5.74) is 2.44. The fourth-order valence-corrected chi connectivity index (χ4v) is 3.11. The van der Waals surface area contributed by atoms with Gasteiger partial charge in [-0.1, -0.05) is 31.9 Å². The zero-order valence-electron chi connectivity index (χ0n) is 15.9. The molecule has 6 nitrogen and oxygen atoms in total. The molecular formula is C21H28N4O2. The minimum absolute atomic E-state index is 0.130. The molecule has 0 bridgehead atoms. The summed E-state index contributed by atoms with van der Waals surface area (Å²) < 4.78 is 5.43. The number of hydrogen-bond acceptors (Lipinski definition) is 5. The van der Waals surface area contributed by atoms with E-state index in [4.69, 9.17) is 4.74 Å². The Kier molecular flexibility index (Phi) is 7.04. The maximum atomic E-state index is 12.8. The van der Waals surface area contributed by atoms with Crippen molar-refractivity contribution in [3.63, 3.8) is 0 Å². The topological polar surface area (TPSA) is 66.5 Å². The lowest BCUT2D eigenvalue weighted by Gasteiger charge is -2.30. The average molecular weight is 368 g/mol. The SMILES string of the molecule is CCCCCNc1cc(C(=O)Nc2ccccc2N2CCOCC2)ccn1. The van der Waals surface area contributed by atoms with Crippen molar-refractivity contribution >= 4 is 23.1 Å². The van der Waals surface area contributed by atoms with E-state index in [0.29, 0.717) is 18.8 Å². The van der Waals surface area contributed by atoms with Crippen molar-refractivity contribution in [2.45, 2.75) is 26.2 Å². The maximum absolute atomic E-state index is 12.8. The van der Waals surface area contributed by atoms with Crippen LogP contribution in [0.2, 0.25) is 0 Å². The zero-order chi connectivity index (χ0) is 18.9. The zero-order valence-corrected chi connectivity index (χ0v) is 15.9. The Labute approximate surface area is 160 Å². The molecule has 1 aromatic heterocycles. The van der Waals surface area contributed by atoms with Gasteiger partial charge in [-0.25, -0.2) is 4.98 Å². The number of carbonyl (C=O) groups excluding carboxylic acids is 1. The van der Waals surface area contributed by atoms with Gasteiger partial charge in [-0.15, -0.1) is 0 Å². The van der Waals surface area contributed by atoms with Crippen LogP contribution in [-0.2, 0) is 4.74 Å². The quantitative estimate of drug-likeness (QED) is 0.694. The van der Waals surface area contributed by atoms with Gasteiger partial charge in [0.25, 0.3) is 5.91 Å². The second kappa shape index (κ2) is 9.92. The highest BCUT2D eigenvalue weighted by Crippen LogP contribution is 2.27. The molecule has 1 amide bonds. The van der Waals surface area contributed by atoms with E-state index in [9.17, 15) is 4.79 Å². The molecule has 2 N–H and O–H groups in total. The van der Waals surface area contributed by atoms with Gasteiger partial charge in [-0.2, -0.15) is 0 Å². The summed E-state index contributed by atoms with van der Waals surface area (Å²) in [5, 5.41) is 6.34. The fourth-order valence-electron chi connectivity index (χ4n) is 3.11. The number of para-hydroxylation sites is 2. The van der Waals surface area contributed by atoms with Crippen molar-refractivity contribution < 1.29 is 9.53 Å². The summed E-state index contributed by atoms with van der Waals surface area (Å²) in [6, 6.07) is 11.4. The average Bonchev–Trinajstić information content (AvgIpc) is 2.72. The minimum Gasteiger partial charge on any atom is -0.378 e. The third kappa shape index (κ3) is 5.44. The van der Waals surface area contributed by atoms with Crippen LogP contribution in [0.3, 0.4) is 0 Å². The standard InChI is InChI=1S/C21H28N4O2/c1-2-3-6-10-22-20-16-17(9-11-23-20)21(26)24-18-7-4-5-8-19(18)25-12-14-27-15-13-25/h4-5,7-9,11,16H,2-3,6,10,12-15H2,1H3,(H,22,23)(H,24,26). The predicted octanol–water partition coefficient (Wildman–Crippen LogP) is 3.77. The summed E-state index contributed by atoms with van der Waals surface area (Å²) >= 11 is 0. The number of pyridine rings is 1. The van der Waals surface area contributed by atoms with Crippen molar-refractivity contribution in [3.8, 4) is 0 Å². The summed E-state index contributed by atoms with van der Waals surface area (Å²) in [7, 11) is 0. The Balaban J connectivity index is 1.67. The van der Waals surface area contributed by atoms with Crippen LogP contribution in [0.15, 0.2) is 42.6 Å². The van der Waals surface area contributed by atoms with Gasteiger partial charge in [0.05, 0.1) is 24.6 Å². The van der Waals surface area contributed by atoms with Gasteiger partial charge in [0, 0.05) is 31.4 Å². The van der Waals surface area contributed by atoms with Crippen LogP contribution in [-0.4, -0.2) is 43.7 Å². The number of benzene rings is 1. The third-order valence-electron chi connectivity index (χ3n) is 4.61. The molecule has 1 aliphatic heterocycles. The number of unbranched alkanes of at least 4 members (excludes halogenated alkanes) is 2. The van der Waals surface area contributed by atoms with E-state index in [2.05, 4.69) is 27.4 Å². The van der Waals surface area contributed by atoms with Gasteiger partial charge in [0.15, 0.2) is 0 Å². The minimum atomic E-state index is -0.130. The van der Waals surface area contributed by atoms with Crippen molar-refractivity contribution in [2.24, 2.45) is 0 Å². The first-order valence-electron chi connectivity index (χ1n) is 9.71. The fraction of sp³-hybridized carbons (Fsp3) is 0.429. The molecule has 1 aromatic carbocycles. The second-order valence-corrected chi connectivity index (χ2v) is 6.63. The molecule has 3 rings (SSSR count). The Hall–Kier alpha value is -2.60. The predicted molar refractivity (Wildman–Crippen MR) is 110 cm³/mol. The van der Waals surface area contributed by atoms with Gasteiger partial charge < -0.3 is 20.3 Å². The van der Waals surface area contributed by atoms with Crippen LogP contribution >= 0.6 is 0 Å². The van der Waals surface area contributed by atoms with E-state index < -0.39 is 0 Å². The van der Waals surface area contributed by atoms with Crippen molar-refractivity contribution in [3.05, 3.63) is 48.2 Å². The lowest BCUT2D eigenvalue weighted by molar-refractivity contribution is 0.102. The lowest BCUT2D eigenvalue weighted by atomic mass is 10.2. The Bertz CT molecular complexity index is 744. The molecule has 0 atom stereocenters. The van der Waals surface area contributed by atoms with E-state index in [-0.39, 0.29) is 5.91 Å². The number of aromatic nitrogens is 1. The molecule has 0 radical (unpaired) electrons. The van der Waals surface area contributed by atoms with Crippen LogP contribution in [0.5, 0.6) is 0 Å². The molecule has 0 aliphatic carbocycles. The molecule has 0 unspecified atom stereocenters. The van der Waals surface area contributed by atoms with Gasteiger partial charge in [0.1, 0.15) is 5.82 Å². The largest absolute Gasteiger partial charge is 0.378 e. The van der Waals surface area contributed by atoms with Crippen LogP contribution in [0, 0.1) is 0 Å². The normalized spacial score (nSPS) is 14.0. The third-order valence-corrected chi connectivity index (χ3v) is 4.61. The number of hydrogen-bond donors (Lipinski definition) is 2.